The van der Waals surface area contributed by atoms with Crippen molar-refractivity contribution in [3.05, 3.63) is 89.7 Å². The molecule has 4 aromatic rings. The van der Waals surface area contributed by atoms with Crippen molar-refractivity contribution in [3.8, 4) is 5.75 Å². The number of carbonyl (C=O) groups is 1. The lowest BCUT2D eigenvalue weighted by atomic mass is 10.1. The molecule has 0 aliphatic heterocycles. The Morgan fingerprint density at radius 2 is 1.70 bits per heavy atom. The number of rotatable bonds is 7. The number of benzene rings is 3. The van der Waals surface area contributed by atoms with Crippen molar-refractivity contribution in [2.75, 3.05) is 12.4 Å². The monoisotopic (exact) mass is 399 g/mol. The molecule has 0 unspecified atom stereocenters. The van der Waals surface area contributed by atoms with Gasteiger partial charge in [-0.05, 0) is 47.9 Å². The maximum atomic E-state index is 12.6. The van der Waals surface area contributed by atoms with Crippen LogP contribution in [-0.2, 0) is 31.1 Å². The molecule has 0 saturated heterocycles. The van der Waals surface area contributed by atoms with E-state index in [-0.39, 0.29) is 5.91 Å². The van der Waals surface area contributed by atoms with Crippen LogP contribution in [0.4, 0.5) is 5.69 Å². The highest BCUT2D eigenvalue weighted by molar-refractivity contribution is 5.93. The van der Waals surface area contributed by atoms with Crippen molar-refractivity contribution in [2.24, 2.45) is 7.05 Å². The predicted molar refractivity (Wildman–Crippen MR) is 120 cm³/mol. The highest BCUT2D eigenvalue weighted by Crippen LogP contribution is 2.20. The maximum Gasteiger partial charge on any atom is 0.228 e. The number of nitrogens with one attached hydrogen (secondary N) is 1. The molecule has 1 amide bonds. The minimum Gasteiger partial charge on any atom is -0.497 e. The van der Waals surface area contributed by atoms with E-state index in [0.717, 1.165) is 52.3 Å². The lowest BCUT2D eigenvalue weighted by molar-refractivity contribution is -0.115. The van der Waals surface area contributed by atoms with E-state index in [9.17, 15) is 4.79 Å². The third kappa shape index (κ3) is 4.35. The van der Waals surface area contributed by atoms with Crippen LogP contribution >= 0.6 is 0 Å². The molecule has 0 aliphatic rings. The molecule has 3 aromatic carbocycles. The second-order valence-electron chi connectivity index (χ2n) is 7.31. The van der Waals surface area contributed by atoms with Gasteiger partial charge in [0.25, 0.3) is 0 Å². The number of para-hydroxylation sites is 3. The minimum atomic E-state index is -0.0321. The number of methoxy groups -OCH3 is 1. The summed E-state index contributed by atoms with van der Waals surface area (Å²) in [5, 5.41) is 3.07. The molecule has 4 rings (SSSR count). The van der Waals surface area contributed by atoms with Gasteiger partial charge in [0.1, 0.15) is 11.6 Å². The van der Waals surface area contributed by atoms with Gasteiger partial charge in [-0.3, -0.25) is 4.79 Å². The van der Waals surface area contributed by atoms with E-state index >= 15 is 0 Å². The second-order valence-corrected chi connectivity index (χ2v) is 7.31. The number of hydrogen-bond acceptors (Lipinski definition) is 3. The topological polar surface area (TPSA) is 56.1 Å². The Bertz CT molecular complexity index is 1160. The van der Waals surface area contributed by atoms with Crippen molar-refractivity contribution in [1.29, 1.82) is 0 Å². The van der Waals surface area contributed by atoms with Crippen LogP contribution in [-0.4, -0.2) is 22.6 Å². The summed E-state index contributed by atoms with van der Waals surface area (Å²) in [4.78, 5) is 17.3. The van der Waals surface area contributed by atoms with Crippen molar-refractivity contribution in [2.45, 2.75) is 19.3 Å². The van der Waals surface area contributed by atoms with Gasteiger partial charge < -0.3 is 14.6 Å². The molecule has 152 valence electrons. The fraction of sp³-hybridized carbons (Fsp3) is 0.200. The molecule has 1 N–H and O–H groups in total. The van der Waals surface area contributed by atoms with Gasteiger partial charge in [-0.2, -0.15) is 0 Å². The summed E-state index contributed by atoms with van der Waals surface area (Å²) < 4.78 is 7.31. The zero-order valence-electron chi connectivity index (χ0n) is 17.3. The standard InChI is InChI=1S/C25H25N3O2/c1-28-23-10-6-5-9-22(23)26-24(28)16-13-19-7-3-4-8-21(19)27-25(29)17-18-11-14-20(30-2)15-12-18/h3-12,14-15H,13,16-17H2,1-2H3,(H,27,29). The van der Waals surface area contributed by atoms with Gasteiger partial charge in [-0.15, -0.1) is 0 Å². The second kappa shape index (κ2) is 8.82. The number of aromatic nitrogens is 2. The number of hydrogen-bond donors (Lipinski definition) is 1. The minimum absolute atomic E-state index is 0.0321. The molecule has 0 spiro atoms. The SMILES string of the molecule is COc1ccc(CC(=O)Nc2ccccc2CCc2nc3ccccc3n2C)cc1. The summed E-state index contributed by atoms with van der Waals surface area (Å²) in [6.07, 6.45) is 1.93. The number of nitrogens with zero attached hydrogens (tertiary/aromatic N) is 2. The summed E-state index contributed by atoms with van der Waals surface area (Å²) >= 11 is 0. The third-order valence-electron chi connectivity index (χ3n) is 5.31. The number of ether oxygens (including phenoxy) is 1. The Kier molecular flexibility index (Phi) is 5.80. The molecule has 0 saturated carbocycles. The first kappa shape index (κ1) is 19.7. The highest BCUT2D eigenvalue weighted by atomic mass is 16.5. The molecule has 0 radical (unpaired) electrons. The molecule has 0 atom stereocenters. The average Bonchev–Trinajstić information content (AvgIpc) is 3.09. The fourth-order valence-electron chi connectivity index (χ4n) is 3.65. The molecule has 0 aliphatic carbocycles. The number of imidazole rings is 1. The number of amides is 1. The van der Waals surface area contributed by atoms with E-state index < -0.39 is 0 Å². The first-order valence-electron chi connectivity index (χ1n) is 10.0. The Labute approximate surface area is 176 Å². The molecular weight excluding hydrogens is 374 g/mol. The van der Waals surface area contributed by atoms with E-state index in [0.29, 0.717) is 6.42 Å². The molecule has 5 nitrogen and oxygen atoms in total. The van der Waals surface area contributed by atoms with Crippen LogP contribution in [0.5, 0.6) is 5.75 Å². The first-order valence-corrected chi connectivity index (χ1v) is 10.0. The highest BCUT2D eigenvalue weighted by Gasteiger charge is 2.11. The van der Waals surface area contributed by atoms with E-state index in [1.807, 2.05) is 67.7 Å². The van der Waals surface area contributed by atoms with Crippen molar-refractivity contribution in [3.63, 3.8) is 0 Å². The van der Waals surface area contributed by atoms with Crippen LogP contribution in [0.25, 0.3) is 11.0 Å². The molecule has 0 fully saturated rings. The third-order valence-corrected chi connectivity index (χ3v) is 5.31. The number of aryl methyl sites for hydroxylation is 3. The Morgan fingerprint density at radius 1 is 0.967 bits per heavy atom. The Morgan fingerprint density at radius 3 is 2.47 bits per heavy atom. The summed E-state index contributed by atoms with van der Waals surface area (Å²) in [6, 6.07) is 23.7. The van der Waals surface area contributed by atoms with Gasteiger partial charge in [0.15, 0.2) is 0 Å². The van der Waals surface area contributed by atoms with Gasteiger partial charge in [0.05, 0.1) is 24.6 Å². The Hall–Kier alpha value is -3.60. The van der Waals surface area contributed by atoms with E-state index in [4.69, 9.17) is 9.72 Å². The first-order chi connectivity index (χ1) is 14.6. The molecule has 5 heteroatoms. The molecule has 0 bridgehead atoms. The van der Waals surface area contributed by atoms with Crippen LogP contribution in [0.2, 0.25) is 0 Å². The van der Waals surface area contributed by atoms with Gasteiger partial charge in [0.2, 0.25) is 5.91 Å². The molecular formula is C25H25N3O2. The van der Waals surface area contributed by atoms with Gasteiger partial charge >= 0.3 is 0 Å². The van der Waals surface area contributed by atoms with E-state index in [1.165, 1.54) is 0 Å². The van der Waals surface area contributed by atoms with Crippen LogP contribution < -0.4 is 10.1 Å². The molecule has 1 heterocycles. The van der Waals surface area contributed by atoms with Gasteiger partial charge in [-0.1, -0.05) is 42.5 Å². The fourth-order valence-corrected chi connectivity index (χ4v) is 3.65. The predicted octanol–water partition coefficient (Wildman–Crippen LogP) is 4.55. The molecule has 1 aromatic heterocycles. The lowest BCUT2D eigenvalue weighted by Gasteiger charge is -2.11. The average molecular weight is 399 g/mol. The van der Waals surface area contributed by atoms with Crippen LogP contribution in [0.3, 0.4) is 0 Å². The Balaban J connectivity index is 1.44. The van der Waals surface area contributed by atoms with Crippen LogP contribution in [0.15, 0.2) is 72.8 Å². The van der Waals surface area contributed by atoms with E-state index in [1.54, 1.807) is 7.11 Å². The zero-order chi connectivity index (χ0) is 20.9. The summed E-state index contributed by atoms with van der Waals surface area (Å²) in [5.41, 5.74) is 5.05. The molecule has 30 heavy (non-hydrogen) atoms. The summed E-state index contributed by atoms with van der Waals surface area (Å²) in [7, 11) is 3.68. The van der Waals surface area contributed by atoms with Crippen molar-refractivity contribution < 1.29 is 9.53 Å². The summed E-state index contributed by atoms with van der Waals surface area (Å²) in [6.45, 7) is 0. The van der Waals surface area contributed by atoms with Gasteiger partial charge in [0, 0.05) is 19.2 Å². The summed E-state index contributed by atoms with van der Waals surface area (Å²) in [5.74, 6) is 1.79. The van der Waals surface area contributed by atoms with Gasteiger partial charge in [-0.25, -0.2) is 4.98 Å². The van der Waals surface area contributed by atoms with E-state index in [2.05, 4.69) is 22.0 Å². The normalized spacial score (nSPS) is 10.9. The number of fused-ring (bicyclic) bond motifs is 1. The number of carbonyl (C=O) groups excluding carboxylic acids is 1. The zero-order valence-corrected chi connectivity index (χ0v) is 17.3. The van der Waals surface area contributed by atoms with Crippen molar-refractivity contribution >= 4 is 22.6 Å². The van der Waals surface area contributed by atoms with Crippen LogP contribution in [0.1, 0.15) is 17.0 Å². The smallest absolute Gasteiger partial charge is 0.228 e. The maximum absolute atomic E-state index is 12.6. The quantitative estimate of drug-likeness (QED) is 0.496. The number of anilines is 1. The largest absolute Gasteiger partial charge is 0.497 e. The van der Waals surface area contributed by atoms with Crippen LogP contribution in [0, 0.1) is 0 Å². The lowest BCUT2D eigenvalue weighted by Crippen LogP contribution is -2.16. The van der Waals surface area contributed by atoms with Crippen molar-refractivity contribution in [1.82, 2.24) is 9.55 Å².